The maximum absolute atomic E-state index is 14.6. The molecular formula is C33H40F3N3O4S2. The zero-order chi connectivity index (χ0) is 33.4. The summed E-state index contributed by atoms with van der Waals surface area (Å²) in [5, 5.41) is 2.60. The summed E-state index contributed by atoms with van der Waals surface area (Å²) in [6.45, 7) is 3.64. The van der Waals surface area contributed by atoms with E-state index in [1.807, 2.05) is 26.2 Å². The molecule has 3 rings (SSSR count). The van der Waals surface area contributed by atoms with Crippen molar-refractivity contribution in [3.8, 4) is 11.1 Å². The summed E-state index contributed by atoms with van der Waals surface area (Å²) in [4.78, 5) is 28.2. The van der Waals surface area contributed by atoms with Crippen LogP contribution in [0.25, 0.3) is 11.1 Å². The summed E-state index contributed by atoms with van der Waals surface area (Å²) in [7, 11) is -3.39. The molecule has 0 aliphatic rings. The number of primary amides is 1. The van der Waals surface area contributed by atoms with Crippen LogP contribution in [0.3, 0.4) is 0 Å². The Morgan fingerprint density at radius 1 is 0.933 bits per heavy atom. The maximum atomic E-state index is 14.6. The minimum Gasteiger partial charge on any atom is -0.368 e. The molecule has 7 nitrogen and oxygen atoms in total. The molecule has 12 heteroatoms. The molecule has 0 saturated carbocycles. The van der Waals surface area contributed by atoms with Gasteiger partial charge in [-0.15, -0.1) is 0 Å². The second kappa shape index (κ2) is 15.8. The van der Waals surface area contributed by atoms with Gasteiger partial charge in [-0.3, -0.25) is 14.9 Å². The van der Waals surface area contributed by atoms with E-state index in [2.05, 4.69) is 5.32 Å². The number of benzene rings is 3. The lowest BCUT2D eigenvalue weighted by atomic mass is 9.96. The van der Waals surface area contributed by atoms with Crippen LogP contribution in [-0.2, 0) is 26.0 Å². The number of nitrogens with one attached hydrogen (secondary N) is 1. The lowest BCUT2D eigenvalue weighted by Crippen LogP contribution is -2.56. The Morgan fingerprint density at radius 2 is 1.49 bits per heavy atom. The number of nitrogens with zero attached hydrogens (tertiary/aromatic N) is 1. The summed E-state index contributed by atoms with van der Waals surface area (Å²) < 4.78 is 67.4. The third kappa shape index (κ3) is 10.3. The van der Waals surface area contributed by atoms with Crippen LogP contribution in [0.1, 0.15) is 43.9 Å². The van der Waals surface area contributed by atoms with E-state index in [1.165, 1.54) is 53.1 Å². The number of alkyl halides is 3. The van der Waals surface area contributed by atoms with Gasteiger partial charge in [0.15, 0.2) is 9.84 Å². The molecule has 3 aromatic rings. The van der Waals surface area contributed by atoms with E-state index in [1.54, 1.807) is 36.4 Å². The predicted octanol–water partition coefficient (Wildman–Crippen LogP) is 6.00. The summed E-state index contributed by atoms with van der Waals surface area (Å²) in [6.07, 6.45) is -1.44. The highest BCUT2D eigenvalue weighted by Gasteiger charge is 2.44. The summed E-state index contributed by atoms with van der Waals surface area (Å²) >= 11 is 1.48. The first-order valence-electron chi connectivity index (χ1n) is 14.5. The molecule has 0 spiro atoms. The molecule has 0 aromatic heterocycles. The summed E-state index contributed by atoms with van der Waals surface area (Å²) in [6, 6.07) is 16.3. The molecule has 0 bridgehead atoms. The number of hydrogen-bond donors (Lipinski definition) is 2. The second-order valence-electron chi connectivity index (χ2n) is 11.4. The number of hydrogen-bond acceptors (Lipinski definition) is 6. The zero-order valence-corrected chi connectivity index (χ0v) is 27.4. The van der Waals surface area contributed by atoms with Crippen molar-refractivity contribution in [3.63, 3.8) is 0 Å². The van der Waals surface area contributed by atoms with Crippen molar-refractivity contribution in [2.75, 3.05) is 18.3 Å². The fraction of sp³-hybridized carbons (Fsp3) is 0.394. The average Bonchev–Trinajstić information content (AvgIpc) is 2.98. The molecule has 0 aliphatic heterocycles. The first-order valence-corrected chi connectivity index (χ1v) is 17.8. The number of halogens is 3. The van der Waals surface area contributed by atoms with Gasteiger partial charge in [0.2, 0.25) is 11.8 Å². The highest BCUT2D eigenvalue weighted by molar-refractivity contribution is 7.98. The molecule has 3 atom stereocenters. The molecular weight excluding hydrogens is 624 g/mol. The largest absolute Gasteiger partial charge is 0.407 e. The van der Waals surface area contributed by atoms with Crippen molar-refractivity contribution < 1.29 is 31.2 Å². The van der Waals surface area contributed by atoms with Crippen LogP contribution >= 0.6 is 11.8 Å². The van der Waals surface area contributed by atoms with Crippen LogP contribution < -0.4 is 11.1 Å². The van der Waals surface area contributed by atoms with Gasteiger partial charge in [0.25, 0.3) is 0 Å². The minimum atomic E-state index is -4.75. The zero-order valence-electron chi connectivity index (χ0n) is 25.8. The van der Waals surface area contributed by atoms with Gasteiger partial charge in [0.05, 0.1) is 10.9 Å². The molecule has 0 radical (unpaired) electrons. The third-order valence-corrected chi connectivity index (χ3v) is 9.11. The van der Waals surface area contributed by atoms with E-state index in [4.69, 9.17) is 5.73 Å². The van der Waals surface area contributed by atoms with Gasteiger partial charge >= 0.3 is 6.18 Å². The Hall–Kier alpha value is -3.35. The van der Waals surface area contributed by atoms with Crippen LogP contribution in [-0.4, -0.2) is 61.7 Å². The van der Waals surface area contributed by atoms with E-state index in [9.17, 15) is 31.2 Å². The van der Waals surface area contributed by atoms with Crippen molar-refractivity contribution in [1.29, 1.82) is 0 Å². The smallest absolute Gasteiger partial charge is 0.368 e. The van der Waals surface area contributed by atoms with E-state index in [0.717, 1.165) is 11.8 Å². The molecule has 3 aromatic carbocycles. The van der Waals surface area contributed by atoms with E-state index in [0.29, 0.717) is 16.9 Å². The van der Waals surface area contributed by atoms with Crippen LogP contribution in [0, 0.1) is 5.92 Å². The summed E-state index contributed by atoms with van der Waals surface area (Å²) in [5.74, 6) is -0.962. The van der Waals surface area contributed by atoms with Crippen LogP contribution in [0.5, 0.6) is 0 Å². The Kier molecular flexibility index (Phi) is 12.7. The Labute approximate surface area is 267 Å². The van der Waals surface area contributed by atoms with Crippen molar-refractivity contribution >= 4 is 33.4 Å². The van der Waals surface area contributed by atoms with Gasteiger partial charge in [-0.05, 0) is 65.2 Å². The van der Waals surface area contributed by atoms with Crippen molar-refractivity contribution in [2.45, 2.75) is 62.4 Å². The fourth-order valence-corrected chi connectivity index (χ4v) is 6.15. The SMILES string of the molecule is CSCC[C@@H](C(N)=O)N(Cc1ccccc1)C(=O)[C@H](CC(C)C)N[C@@H](c1ccc(-c2ccc(S(C)(=O)=O)cc2)cc1)C(F)(F)F. The molecule has 0 unspecified atom stereocenters. The standard InChI is InChI=1S/C33H40F3N3O4S2/c1-22(2)20-28(32(41)39(21-23-8-6-5-7-9-23)29(31(37)40)18-19-44-3)38-30(33(34,35)36)26-12-10-24(11-13-26)25-14-16-27(17-15-25)45(4,42)43/h5-17,22,28-30,38H,18-21H2,1-4H3,(H2,37,40)/t28-,29-,30-/m0/s1. The normalized spacial score (nSPS) is 14.1. The van der Waals surface area contributed by atoms with Gasteiger partial charge in [0, 0.05) is 12.8 Å². The number of amides is 2. The lowest BCUT2D eigenvalue weighted by Gasteiger charge is -2.35. The van der Waals surface area contributed by atoms with Crippen LogP contribution in [0.2, 0.25) is 0 Å². The first kappa shape index (κ1) is 36.1. The average molecular weight is 664 g/mol. The predicted molar refractivity (Wildman–Crippen MR) is 173 cm³/mol. The highest BCUT2D eigenvalue weighted by Crippen LogP contribution is 2.35. The van der Waals surface area contributed by atoms with E-state index < -0.39 is 46.0 Å². The van der Waals surface area contributed by atoms with Crippen LogP contribution in [0.15, 0.2) is 83.8 Å². The van der Waals surface area contributed by atoms with Gasteiger partial charge in [-0.1, -0.05) is 80.6 Å². The van der Waals surface area contributed by atoms with E-state index in [-0.39, 0.29) is 35.8 Å². The van der Waals surface area contributed by atoms with Crippen LogP contribution in [0.4, 0.5) is 13.2 Å². The van der Waals surface area contributed by atoms with Crippen molar-refractivity contribution in [1.82, 2.24) is 10.2 Å². The number of nitrogens with two attached hydrogens (primary N) is 1. The van der Waals surface area contributed by atoms with E-state index >= 15 is 0 Å². The lowest BCUT2D eigenvalue weighted by molar-refractivity contribution is -0.163. The number of rotatable bonds is 15. The summed E-state index contributed by atoms with van der Waals surface area (Å²) in [5.41, 5.74) is 7.61. The number of carbonyl (C=O) groups is 2. The molecule has 0 aliphatic carbocycles. The van der Waals surface area contributed by atoms with Gasteiger partial charge in [0.1, 0.15) is 12.1 Å². The fourth-order valence-electron chi connectivity index (χ4n) is 5.06. The molecule has 45 heavy (non-hydrogen) atoms. The molecule has 2 amide bonds. The Morgan fingerprint density at radius 3 is 1.96 bits per heavy atom. The molecule has 244 valence electrons. The number of thioether (sulfide) groups is 1. The topological polar surface area (TPSA) is 110 Å². The first-order chi connectivity index (χ1) is 21.1. The van der Waals surface area contributed by atoms with Crippen molar-refractivity contribution in [3.05, 3.63) is 90.0 Å². The molecule has 0 heterocycles. The third-order valence-electron chi connectivity index (χ3n) is 7.34. The minimum absolute atomic E-state index is 0.0153. The quantitative estimate of drug-likeness (QED) is 0.207. The molecule has 3 N–H and O–H groups in total. The van der Waals surface area contributed by atoms with Gasteiger partial charge < -0.3 is 10.6 Å². The maximum Gasteiger partial charge on any atom is 0.407 e. The Balaban J connectivity index is 1.97. The second-order valence-corrected chi connectivity index (χ2v) is 14.4. The monoisotopic (exact) mass is 663 g/mol. The van der Waals surface area contributed by atoms with Gasteiger partial charge in [-0.25, -0.2) is 8.42 Å². The molecule has 0 fully saturated rings. The van der Waals surface area contributed by atoms with Gasteiger partial charge in [-0.2, -0.15) is 24.9 Å². The number of carbonyl (C=O) groups excluding carboxylic acids is 2. The molecule has 0 saturated heterocycles. The highest BCUT2D eigenvalue weighted by atomic mass is 32.2. The Bertz CT molecular complexity index is 1520. The number of sulfone groups is 1. The van der Waals surface area contributed by atoms with Crippen molar-refractivity contribution in [2.24, 2.45) is 11.7 Å².